The van der Waals surface area contributed by atoms with Crippen LogP contribution in [0.2, 0.25) is 0 Å². The number of hydrogen-bond acceptors (Lipinski definition) is 4. The SMILES string of the molecule is O=Cc1nnn(-c2cccc(C(F)(F)F)c2)c1-c1ccco1. The van der Waals surface area contributed by atoms with Crippen LogP contribution in [0.25, 0.3) is 17.1 Å². The van der Waals surface area contributed by atoms with Crippen molar-refractivity contribution in [3.05, 3.63) is 53.9 Å². The van der Waals surface area contributed by atoms with Crippen molar-refractivity contribution in [3.8, 4) is 17.1 Å². The summed E-state index contributed by atoms with van der Waals surface area (Å²) in [7, 11) is 0. The fourth-order valence-electron chi connectivity index (χ4n) is 2.01. The number of nitrogens with zero attached hydrogens (tertiary/aromatic N) is 3. The Hall–Kier alpha value is -2.90. The Bertz CT molecular complexity index is 807. The first-order chi connectivity index (χ1) is 10.5. The highest BCUT2D eigenvalue weighted by atomic mass is 19.4. The Morgan fingerprint density at radius 2 is 2.00 bits per heavy atom. The highest BCUT2D eigenvalue weighted by Crippen LogP contribution is 2.31. The van der Waals surface area contributed by atoms with Gasteiger partial charge in [0.2, 0.25) is 0 Å². The predicted molar refractivity (Wildman–Crippen MR) is 69.5 cm³/mol. The maximum atomic E-state index is 12.8. The molecule has 0 bridgehead atoms. The second kappa shape index (κ2) is 5.14. The van der Waals surface area contributed by atoms with Gasteiger partial charge in [-0.05, 0) is 30.3 Å². The van der Waals surface area contributed by atoms with Gasteiger partial charge in [-0.25, -0.2) is 4.68 Å². The van der Waals surface area contributed by atoms with Crippen LogP contribution in [0.15, 0.2) is 47.1 Å². The number of aldehydes is 1. The zero-order valence-corrected chi connectivity index (χ0v) is 10.9. The van der Waals surface area contributed by atoms with Gasteiger partial charge in [-0.3, -0.25) is 4.79 Å². The van der Waals surface area contributed by atoms with E-state index >= 15 is 0 Å². The van der Waals surface area contributed by atoms with Gasteiger partial charge >= 0.3 is 6.18 Å². The van der Waals surface area contributed by atoms with Crippen molar-refractivity contribution in [2.45, 2.75) is 6.18 Å². The number of rotatable bonds is 3. The van der Waals surface area contributed by atoms with Crippen LogP contribution in [-0.2, 0) is 6.18 Å². The summed E-state index contributed by atoms with van der Waals surface area (Å²) in [5.74, 6) is 0.282. The Kier molecular flexibility index (Phi) is 3.28. The first-order valence-electron chi connectivity index (χ1n) is 6.13. The van der Waals surface area contributed by atoms with Crippen LogP contribution in [0.3, 0.4) is 0 Å². The molecule has 3 aromatic rings. The molecule has 2 aromatic heterocycles. The van der Waals surface area contributed by atoms with Crippen LogP contribution in [0.4, 0.5) is 13.2 Å². The lowest BCUT2D eigenvalue weighted by atomic mass is 10.2. The third-order valence-corrected chi connectivity index (χ3v) is 2.98. The van der Waals surface area contributed by atoms with Gasteiger partial charge in [0.05, 0.1) is 17.5 Å². The number of hydrogen-bond donors (Lipinski definition) is 0. The second-order valence-electron chi connectivity index (χ2n) is 4.38. The van der Waals surface area contributed by atoms with Gasteiger partial charge in [-0.15, -0.1) is 5.10 Å². The summed E-state index contributed by atoms with van der Waals surface area (Å²) in [5, 5.41) is 7.41. The molecule has 0 N–H and O–H groups in total. The zero-order valence-electron chi connectivity index (χ0n) is 10.9. The van der Waals surface area contributed by atoms with Crippen LogP contribution in [0.5, 0.6) is 0 Å². The number of carbonyl (C=O) groups excluding carboxylic acids is 1. The molecule has 0 aliphatic carbocycles. The summed E-state index contributed by atoms with van der Waals surface area (Å²) >= 11 is 0. The maximum Gasteiger partial charge on any atom is 0.416 e. The molecular formula is C14H8F3N3O2. The quantitative estimate of drug-likeness (QED) is 0.696. The standard InChI is InChI=1S/C14H8F3N3O2/c15-14(16,17)9-3-1-4-10(7-9)20-13(11(8-21)18-19-20)12-5-2-6-22-12/h1-8H. The van der Waals surface area contributed by atoms with Crippen LogP contribution in [-0.4, -0.2) is 21.3 Å². The molecule has 2 heterocycles. The van der Waals surface area contributed by atoms with E-state index < -0.39 is 11.7 Å². The van der Waals surface area contributed by atoms with Crippen LogP contribution < -0.4 is 0 Å². The van der Waals surface area contributed by atoms with Crippen molar-refractivity contribution in [2.24, 2.45) is 0 Å². The highest BCUT2D eigenvalue weighted by Gasteiger charge is 2.31. The molecule has 0 amide bonds. The Morgan fingerprint density at radius 1 is 1.18 bits per heavy atom. The smallest absolute Gasteiger partial charge is 0.416 e. The molecular weight excluding hydrogens is 299 g/mol. The van der Waals surface area contributed by atoms with Gasteiger partial charge in [-0.1, -0.05) is 11.3 Å². The lowest BCUT2D eigenvalue weighted by molar-refractivity contribution is -0.137. The summed E-state index contributed by atoms with van der Waals surface area (Å²) in [6.07, 6.45) is -2.63. The van der Waals surface area contributed by atoms with Crippen LogP contribution in [0, 0.1) is 0 Å². The fourth-order valence-corrected chi connectivity index (χ4v) is 2.01. The Labute approximate surface area is 122 Å². The van der Waals surface area contributed by atoms with Crippen molar-refractivity contribution >= 4 is 6.29 Å². The van der Waals surface area contributed by atoms with Gasteiger partial charge in [0.15, 0.2) is 17.7 Å². The van der Waals surface area contributed by atoms with Crippen molar-refractivity contribution < 1.29 is 22.4 Å². The number of furan rings is 1. The summed E-state index contributed by atoms with van der Waals surface area (Å²) in [5.41, 5.74) is -0.521. The van der Waals surface area contributed by atoms with Gasteiger partial charge < -0.3 is 4.42 Å². The van der Waals surface area contributed by atoms with Gasteiger partial charge in [-0.2, -0.15) is 13.2 Å². The van der Waals surface area contributed by atoms with E-state index in [9.17, 15) is 18.0 Å². The van der Waals surface area contributed by atoms with Crippen LogP contribution >= 0.6 is 0 Å². The number of benzene rings is 1. The third-order valence-electron chi connectivity index (χ3n) is 2.98. The zero-order chi connectivity index (χ0) is 15.7. The Balaban J connectivity index is 2.18. The average molecular weight is 307 g/mol. The molecule has 0 unspecified atom stereocenters. The monoisotopic (exact) mass is 307 g/mol. The van der Waals surface area contributed by atoms with E-state index in [0.717, 1.165) is 16.8 Å². The molecule has 0 aliphatic rings. The minimum Gasteiger partial charge on any atom is -0.463 e. The minimum absolute atomic E-state index is 0.0210. The molecule has 3 rings (SSSR count). The van der Waals surface area contributed by atoms with Gasteiger partial charge in [0.1, 0.15) is 5.69 Å². The normalized spacial score (nSPS) is 11.6. The van der Waals surface area contributed by atoms with E-state index in [1.165, 1.54) is 18.4 Å². The molecule has 0 aliphatic heterocycles. The average Bonchev–Trinajstić information content (AvgIpc) is 3.15. The minimum atomic E-state index is -4.48. The summed E-state index contributed by atoms with van der Waals surface area (Å²) < 4.78 is 44.8. The van der Waals surface area contributed by atoms with Crippen molar-refractivity contribution in [3.63, 3.8) is 0 Å². The topological polar surface area (TPSA) is 60.9 Å². The molecule has 0 radical (unpaired) electrons. The van der Waals surface area contributed by atoms with Gasteiger partial charge in [0, 0.05) is 0 Å². The van der Waals surface area contributed by atoms with Crippen molar-refractivity contribution in [1.29, 1.82) is 0 Å². The highest BCUT2D eigenvalue weighted by molar-refractivity contribution is 5.82. The summed E-state index contributed by atoms with van der Waals surface area (Å²) in [6, 6.07) is 7.73. The van der Waals surface area contributed by atoms with Crippen LogP contribution in [0.1, 0.15) is 16.1 Å². The van der Waals surface area contributed by atoms with Gasteiger partial charge in [0.25, 0.3) is 0 Å². The van der Waals surface area contributed by atoms with Crippen molar-refractivity contribution in [2.75, 3.05) is 0 Å². The predicted octanol–water partition coefficient (Wildman–Crippen LogP) is 3.36. The lowest BCUT2D eigenvalue weighted by Crippen LogP contribution is -2.07. The van der Waals surface area contributed by atoms with E-state index in [0.29, 0.717) is 6.29 Å². The van der Waals surface area contributed by atoms with E-state index in [-0.39, 0.29) is 22.8 Å². The first kappa shape index (κ1) is 14.1. The maximum absolute atomic E-state index is 12.8. The molecule has 0 fully saturated rings. The molecule has 0 atom stereocenters. The summed E-state index contributed by atoms with van der Waals surface area (Å²) in [6.45, 7) is 0. The molecule has 22 heavy (non-hydrogen) atoms. The van der Waals surface area contributed by atoms with E-state index in [4.69, 9.17) is 4.42 Å². The molecule has 1 aromatic carbocycles. The number of aromatic nitrogens is 3. The summed E-state index contributed by atoms with van der Waals surface area (Å²) in [4.78, 5) is 11.1. The first-order valence-corrected chi connectivity index (χ1v) is 6.13. The molecule has 0 spiro atoms. The van der Waals surface area contributed by atoms with Crippen molar-refractivity contribution in [1.82, 2.24) is 15.0 Å². The number of halogens is 3. The lowest BCUT2D eigenvalue weighted by Gasteiger charge is -2.09. The molecule has 5 nitrogen and oxygen atoms in total. The third kappa shape index (κ3) is 2.39. The molecule has 112 valence electrons. The van der Waals surface area contributed by atoms with E-state index in [1.807, 2.05) is 0 Å². The largest absolute Gasteiger partial charge is 0.463 e. The number of carbonyl (C=O) groups is 1. The molecule has 8 heteroatoms. The molecule has 0 saturated carbocycles. The van der Waals surface area contributed by atoms with E-state index in [2.05, 4.69) is 10.3 Å². The Morgan fingerprint density at radius 3 is 2.64 bits per heavy atom. The van der Waals surface area contributed by atoms with E-state index in [1.54, 1.807) is 12.1 Å². The molecule has 0 saturated heterocycles. The second-order valence-corrected chi connectivity index (χ2v) is 4.38. The number of alkyl halides is 3. The fraction of sp³-hybridized carbons (Fsp3) is 0.0714.